The summed E-state index contributed by atoms with van der Waals surface area (Å²) in [5, 5.41) is 0. The second kappa shape index (κ2) is 9.71. The van der Waals surface area contributed by atoms with Gasteiger partial charge in [-0.1, -0.05) is 18.2 Å². The molecule has 2 saturated heterocycles. The zero-order valence-corrected chi connectivity index (χ0v) is 18.5. The summed E-state index contributed by atoms with van der Waals surface area (Å²) in [6, 6.07) is 15.6. The minimum atomic E-state index is 0.677. The van der Waals surface area contributed by atoms with Crippen LogP contribution in [0.5, 0.6) is 17.2 Å². The van der Waals surface area contributed by atoms with Crippen molar-refractivity contribution in [3.63, 3.8) is 0 Å². The van der Waals surface area contributed by atoms with Gasteiger partial charge in [-0.3, -0.25) is 9.80 Å². The number of nitrogens with zero attached hydrogens (tertiary/aromatic N) is 2. The number of likely N-dealkylation sites (tertiary alicyclic amines) is 2. The monoisotopic (exact) mass is 410 g/mol. The summed E-state index contributed by atoms with van der Waals surface area (Å²) in [5.41, 5.74) is 2.74. The smallest absolute Gasteiger partial charge is 0.161 e. The molecule has 0 saturated carbocycles. The molecule has 2 aliphatic rings. The first-order chi connectivity index (χ1) is 14.7. The quantitative estimate of drug-likeness (QED) is 0.685. The van der Waals surface area contributed by atoms with Crippen molar-refractivity contribution in [2.24, 2.45) is 0 Å². The molecule has 0 radical (unpaired) electrons. The Hall–Kier alpha value is -2.24. The third-order valence-corrected chi connectivity index (χ3v) is 6.73. The highest BCUT2D eigenvalue weighted by Crippen LogP contribution is 2.32. The lowest BCUT2D eigenvalue weighted by atomic mass is 9.89. The summed E-state index contributed by atoms with van der Waals surface area (Å²) in [6.07, 6.45) is 3.76. The van der Waals surface area contributed by atoms with Crippen molar-refractivity contribution in [1.82, 2.24) is 9.80 Å². The molecule has 1 atom stereocenters. The molecule has 0 N–H and O–H groups in total. The van der Waals surface area contributed by atoms with Crippen LogP contribution in [0.4, 0.5) is 0 Å². The van der Waals surface area contributed by atoms with E-state index in [9.17, 15) is 0 Å². The average molecular weight is 411 g/mol. The van der Waals surface area contributed by atoms with Gasteiger partial charge < -0.3 is 14.2 Å². The lowest BCUT2D eigenvalue weighted by Gasteiger charge is -2.36. The first kappa shape index (κ1) is 21.0. The zero-order chi connectivity index (χ0) is 20.9. The van der Waals surface area contributed by atoms with Gasteiger partial charge in [0.2, 0.25) is 0 Å². The summed E-state index contributed by atoms with van der Waals surface area (Å²) in [4.78, 5) is 5.29. The summed E-state index contributed by atoms with van der Waals surface area (Å²) >= 11 is 0. The van der Waals surface area contributed by atoms with Crippen molar-refractivity contribution in [3.05, 3.63) is 53.6 Å². The molecule has 2 fully saturated rings. The second-order valence-electron chi connectivity index (χ2n) is 8.45. The number of piperidine rings is 1. The maximum Gasteiger partial charge on any atom is 0.161 e. The molecule has 0 aliphatic carbocycles. The van der Waals surface area contributed by atoms with Crippen LogP contribution in [-0.2, 0) is 6.54 Å². The minimum Gasteiger partial charge on any atom is -0.497 e. The van der Waals surface area contributed by atoms with Crippen LogP contribution in [-0.4, -0.2) is 63.4 Å². The van der Waals surface area contributed by atoms with Gasteiger partial charge in [0.15, 0.2) is 11.5 Å². The molecule has 4 rings (SSSR count). The minimum absolute atomic E-state index is 0.677. The molecule has 0 spiro atoms. The number of hydrogen-bond acceptors (Lipinski definition) is 5. The number of methoxy groups -OCH3 is 3. The molecule has 2 aromatic carbocycles. The fraction of sp³-hybridized carbons (Fsp3) is 0.520. The van der Waals surface area contributed by atoms with Crippen molar-refractivity contribution in [2.75, 3.05) is 47.5 Å². The van der Waals surface area contributed by atoms with Crippen LogP contribution < -0.4 is 14.2 Å². The van der Waals surface area contributed by atoms with E-state index in [2.05, 4.69) is 46.2 Å². The molecule has 162 valence electrons. The first-order valence-corrected chi connectivity index (χ1v) is 11.0. The molecule has 0 aromatic heterocycles. The van der Waals surface area contributed by atoms with Crippen molar-refractivity contribution in [3.8, 4) is 17.2 Å². The van der Waals surface area contributed by atoms with Crippen LogP contribution in [0.1, 0.15) is 36.3 Å². The summed E-state index contributed by atoms with van der Waals surface area (Å²) in [6.45, 7) is 5.69. The Morgan fingerprint density at radius 1 is 0.800 bits per heavy atom. The van der Waals surface area contributed by atoms with Gasteiger partial charge in [-0.25, -0.2) is 0 Å². The standard InChI is InChI=1S/C25H34N2O3/c1-28-23-7-5-20(6-8-23)21-10-14-27(15-11-21)22-12-13-26(18-22)17-19-4-9-24(29-2)25(16-19)30-3/h4-9,16,21-22H,10-15,17-18H2,1-3H3. The molecule has 0 bridgehead atoms. The van der Waals surface area contributed by atoms with Crippen LogP contribution in [0, 0.1) is 0 Å². The lowest BCUT2D eigenvalue weighted by molar-refractivity contribution is 0.150. The molecule has 30 heavy (non-hydrogen) atoms. The molecule has 2 heterocycles. The van der Waals surface area contributed by atoms with E-state index in [0.29, 0.717) is 12.0 Å². The summed E-state index contributed by atoms with van der Waals surface area (Å²) < 4.78 is 16.1. The Labute approximate surface area is 180 Å². The van der Waals surface area contributed by atoms with E-state index in [1.807, 2.05) is 6.07 Å². The lowest BCUT2D eigenvalue weighted by Crippen LogP contribution is -2.42. The fourth-order valence-electron chi connectivity index (χ4n) is 4.97. The molecule has 2 aromatic rings. The Morgan fingerprint density at radius 2 is 1.53 bits per heavy atom. The molecular formula is C25H34N2O3. The van der Waals surface area contributed by atoms with Crippen molar-refractivity contribution < 1.29 is 14.2 Å². The third-order valence-electron chi connectivity index (χ3n) is 6.73. The van der Waals surface area contributed by atoms with Gasteiger partial charge in [0, 0.05) is 25.7 Å². The van der Waals surface area contributed by atoms with Gasteiger partial charge in [-0.15, -0.1) is 0 Å². The molecular weight excluding hydrogens is 376 g/mol. The van der Waals surface area contributed by atoms with Crippen molar-refractivity contribution in [1.29, 1.82) is 0 Å². The Balaban J connectivity index is 1.28. The number of ether oxygens (including phenoxy) is 3. The SMILES string of the molecule is COc1ccc(C2CCN(C3CCN(Cc4ccc(OC)c(OC)c4)C3)CC2)cc1. The highest BCUT2D eigenvalue weighted by molar-refractivity contribution is 5.42. The predicted molar refractivity (Wildman–Crippen MR) is 120 cm³/mol. The maximum atomic E-state index is 5.46. The van der Waals surface area contributed by atoms with Crippen molar-refractivity contribution >= 4 is 0 Å². The Bertz CT molecular complexity index is 816. The van der Waals surface area contributed by atoms with Crippen molar-refractivity contribution in [2.45, 2.75) is 37.8 Å². The first-order valence-electron chi connectivity index (χ1n) is 11.0. The third kappa shape index (κ3) is 4.73. The molecule has 0 amide bonds. The van der Waals surface area contributed by atoms with Crippen LogP contribution in [0.25, 0.3) is 0 Å². The summed E-state index contributed by atoms with van der Waals surface area (Å²) in [7, 11) is 5.10. The highest BCUT2D eigenvalue weighted by Gasteiger charge is 2.31. The predicted octanol–water partition coefficient (Wildman–Crippen LogP) is 4.17. The number of benzene rings is 2. The second-order valence-corrected chi connectivity index (χ2v) is 8.45. The van der Waals surface area contributed by atoms with E-state index >= 15 is 0 Å². The number of hydrogen-bond donors (Lipinski definition) is 0. The van der Waals surface area contributed by atoms with Gasteiger partial charge in [0.05, 0.1) is 21.3 Å². The molecule has 2 aliphatic heterocycles. The van der Waals surface area contributed by atoms with Gasteiger partial charge in [0.1, 0.15) is 5.75 Å². The van der Waals surface area contributed by atoms with Gasteiger partial charge in [0.25, 0.3) is 0 Å². The van der Waals surface area contributed by atoms with E-state index in [0.717, 1.165) is 36.9 Å². The molecule has 5 heteroatoms. The van der Waals surface area contributed by atoms with Gasteiger partial charge >= 0.3 is 0 Å². The Morgan fingerprint density at radius 3 is 2.20 bits per heavy atom. The fourth-order valence-corrected chi connectivity index (χ4v) is 4.97. The normalized spacial score (nSPS) is 21.0. The van der Waals surface area contributed by atoms with E-state index in [1.54, 1.807) is 21.3 Å². The number of rotatable bonds is 7. The van der Waals surface area contributed by atoms with E-state index in [-0.39, 0.29) is 0 Å². The van der Waals surface area contributed by atoms with Crippen LogP contribution in [0.15, 0.2) is 42.5 Å². The highest BCUT2D eigenvalue weighted by atomic mass is 16.5. The van der Waals surface area contributed by atoms with Gasteiger partial charge in [-0.05, 0) is 73.7 Å². The van der Waals surface area contributed by atoms with E-state index < -0.39 is 0 Å². The van der Waals surface area contributed by atoms with Crippen LogP contribution in [0.3, 0.4) is 0 Å². The van der Waals surface area contributed by atoms with E-state index in [1.165, 1.54) is 43.5 Å². The zero-order valence-electron chi connectivity index (χ0n) is 18.5. The van der Waals surface area contributed by atoms with E-state index in [4.69, 9.17) is 14.2 Å². The average Bonchev–Trinajstić information content (AvgIpc) is 3.27. The molecule has 1 unspecified atom stereocenters. The van der Waals surface area contributed by atoms with Crippen LogP contribution >= 0.6 is 0 Å². The van der Waals surface area contributed by atoms with Gasteiger partial charge in [-0.2, -0.15) is 0 Å². The largest absolute Gasteiger partial charge is 0.497 e. The topological polar surface area (TPSA) is 34.2 Å². The summed E-state index contributed by atoms with van der Waals surface area (Å²) in [5.74, 6) is 3.22. The van der Waals surface area contributed by atoms with Crippen LogP contribution in [0.2, 0.25) is 0 Å². The maximum absolute atomic E-state index is 5.46. The Kier molecular flexibility index (Phi) is 6.80. The molecule has 5 nitrogen and oxygen atoms in total.